The second kappa shape index (κ2) is 13.7. The maximum atomic E-state index is 5.49. The largest absolute Gasteiger partial charge is 0.252 e. The molecular formula is C49H37N. The van der Waals surface area contributed by atoms with Crippen molar-refractivity contribution in [1.82, 2.24) is 4.98 Å². The molecule has 238 valence electrons. The molecule has 0 N–H and O–H groups in total. The van der Waals surface area contributed by atoms with Crippen molar-refractivity contribution in [3.8, 4) is 0 Å². The molecule has 0 spiro atoms. The highest BCUT2D eigenvalue weighted by Gasteiger charge is 2.54. The van der Waals surface area contributed by atoms with Crippen molar-refractivity contribution in [2.75, 3.05) is 0 Å². The van der Waals surface area contributed by atoms with E-state index >= 15 is 0 Å². The van der Waals surface area contributed by atoms with Crippen LogP contribution in [0, 0.1) is 0 Å². The molecule has 2 unspecified atom stereocenters. The van der Waals surface area contributed by atoms with Gasteiger partial charge in [-0.05, 0) is 73.9 Å². The summed E-state index contributed by atoms with van der Waals surface area (Å²) in [6.45, 7) is 4.16. The summed E-state index contributed by atoms with van der Waals surface area (Å²) in [5, 5.41) is 0. The first kappa shape index (κ1) is 31.0. The molecular weight excluding hydrogens is 603 g/mol. The number of allylic oxidation sites excluding steroid dienone is 4. The number of pyridine rings is 1. The Morgan fingerprint density at radius 1 is 0.440 bits per heavy atom. The number of hydrogen-bond donors (Lipinski definition) is 0. The number of hydrogen-bond acceptors (Lipinski definition) is 1. The number of rotatable bonds is 8. The van der Waals surface area contributed by atoms with Crippen LogP contribution in [0.3, 0.4) is 0 Å². The van der Waals surface area contributed by atoms with E-state index in [1.807, 2.05) is 12.1 Å². The Hall–Kier alpha value is -6.31. The minimum Gasteiger partial charge on any atom is -0.252 e. The second-order valence-electron chi connectivity index (χ2n) is 12.7. The van der Waals surface area contributed by atoms with Crippen molar-refractivity contribution in [3.05, 3.63) is 252 Å². The van der Waals surface area contributed by atoms with Gasteiger partial charge in [0.15, 0.2) is 0 Å². The highest BCUT2D eigenvalue weighted by Crippen LogP contribution is 2.65. The molecule has 7 aromatic rings. The van der Waals surface area contributed by atoms with Crippen LogP contribution in [-0.2, 0) is 5.41 Å². The van der Waals surface area contributed by atoms with Crippen LogP contribution >= 0.6 is 0 Å². The van der Waals surface area contributed by atoms with E-state index in [4.69, 9.17) is 4.98 Å². The van der Waals surface area contributed by atoms with Gasteiger partial charge in [-0.15, -0.1) is 0 Å². The highest BCUT2D eigenvalue weighted by atomic mass is 14.8. The van der Waals surface area contributed by atoms with E-state index in [0.29, 0.717) is 0 Å². The summed E-state index contributed by atoms with van der Waals surface area (Å²) in [5.41, 5.74) is 13.0. The lowest BCUT2D eigenvalue weighted by molar-refractivity contribution is 0.580. The Bertz CT molecular complexity index is 2290. The lowest BCUT2D eigenvalue weighted by atomic mass is 9.51. The maximum absolute atomic E-state index is 5.49. The summed E-state index contributed by atoms with van der Waals surface area (Å²) in [5.74, 6) is -0.182. The molecule has 1 nitrogen and oxygen atoms in total. The summed E-state index contributed by atoms with van der Waals surface area (Å²) in [4.78, 5) is 5.49. The smallest absolute Gasteiger partial charge is 0.0745 e. The first-order valence-electron chi connectivity index (χ1n) is 17.2. The third-order valence-corrected chi connectivity index (χ3v) is 9.90. The van der Waals surface area contributed by atoms with Gasteiger partial charge in [-0.2, -0.15) is 0 Å². The summed E-state index contributed by atoms with van der Waals surface area (Å²) in [7, 11) is 0. The molecule has 50 heavy (non-hydrogen) atoms. The fourth-order valence-electron chi connectivity index (χ4n) is 7.95. The molecule has 1 aliphatic rings. The molecule has 1 aliphatic carbocycles. The fraction of sp³-hybridized carbons (Fsp3) is 0.0408. The van der Waals surface area contributed by atoms with Crippen LogP contribution in [-0.4, -0.2) is 4.98 Å². The van der Waals surface area contributed by atoms with Gasteiger partial charge in [0.05, 0.1) is 16.8 Å². The SMILES string of the molecule is C=Cc1cccc(C2(c3ccccc3)C(c3ccccc3)=C(c3ccccc3)C(c3ccccc3)=C(c3ccccc3)C2c2ccccc2)n1. The Balaban J connectivity index is 1.71. The van der Waals surface area contributed by atoms with Crippen LogP contribution in [0.4, 0.5) is 0 Å². The predicted molar refractivity (Wildman–Crippen MR) is 210 cm³/mol. The lowest BCUT2D eigenvalue weighted by Crippen LogP contribution is -2.41. The second-order valence-corrected chi connectivity index (χ2v) is 12.7. The molecule has 0 saturated heterocycles. The van der Waals surface area contributed by atoms with Gasteiger partial charge in [0.1, 0.15) is 0 Å². The van der Waals surface area contributed by atoms with Gasteiger partial charge in [0, 0.05) is 5.92 Å². The topological polar surface area (TPSA) is 12.9 Å². The van der Waals surface area contributed by atoms with Crippen LogP contribution in [0.5, 0.6) is 0 Å². The zero-order chi connectivity index (χ0) is 33.8. The average molecular weight is 640 g/mol. The molecule has 2 atom stereocenters. The molecule has 0 amide bonds. The molecule has 6 aromatic carbocycles. The molecule has 1 aromatic heterocycles. The molecule has 0 saturated carbocycles. The van der Waals surface area contributed by atoms with Gasteiger partial charge < -0.3 is 0 Å². The molecule has 0 aliphatic heterocycles. The van der Waals surface area contributed by atoms with Gasteiger partial charge in [0.2, 0.25) is 0 Å². The number of nitrogens with zero attached hydrogens (tertiary/aromatic N) is 1. The number of benzene rings is 6. The van der Waals surface area contributed by atoms with E-state index < -0.39 is 5.41 Å². The van der Waals surface area contributed by atoms with Gasteiger partial charge in [0.25, 0.3) is 0 Å². The molecule has 1 heteroatoms. The third kappa shape index (κ3) is 5.34. The first-order valence-corrected chi connectivity index (χ1v) is 17.2. The zero-order valence-corrected chi connectivity index (χ0v) is 27.9. The van der Waals surface area contributed by atoms with Crippen LogP contribution in [0.25, 0.3) is 28.4 Å². The monoisotopic (exact) mass is 639 g/mol. The van der Waals surface area contributed by atoms with E-state index in [2.05, 4.69) is 201 Å². The zero-order valence-electron chi connectivity index (χ0n) is 27.9. The van der Waals surface area contributed by atoms with E-state index in [9.17, 15) is 0 Å². The minimum atomic E-state index is -0.780. The standard InChI is InChI=1S/C49H37N/c1-2-42-34-21-35-43(50-42)49(41-32-19-8-20-33-41)47(39-28-15-6-16-29-39)45(37-24-11-4-12-25-37)44(36-22-9-3-10-23-36)46(38-26-13-5-14-27-38)48(49)40-30-17-7-18-31-40/h2-35,47H,1H2. The predicted octanol–water partition coefficient (Wildman–Crippen LogP) is 12.0. The summed E-state index contributed by atoms with van der Waals surface area (Å²) >= 11 is 0. The Kier molecular flexibility index (Phi) is 8.47. The third-order valence-electron chi connectivity index (χ3n) is 9.90. The molecule has 8 rings (SSSR count). The lowest BCUT2D eigenvalue weighted by Gasteiger charge is -2.50. The first-order chi connectivity index (χ1) is 24.8. The molecule has 0 bridgehead atoms. The molecule has 0 fully saturated rings. The average Bonchev–Trinajstić information content (AvgIpc) is 3.21. The Morgan fingerprint density at radius 2 is 0.900 bits per heavy atom. The van der Waals surface area contributed by atoms with Crippen LogP contribution in [0.2, 0.25) is 0 Å². The summed E-state index contributed by atoms with van der Waals surface area (Å²) in [6.07, 6.45) is 1.86. The van der Waals surface area contributed by atoms with E-state index in [-0.39, 0.29) is 5.92 Å². The van der Waals surface area contributed by atoms with Crippen LogP contribution in [0.15, 0.2) is 207 Å². The van der Waals surface area contributed by atoms with Crippen LogP contribution < -0.4 is 0 Å². The minimum absolute atomic E-state index is 0.182. The van der Waals surface area contributed by atoms with Crippen molar-refractivity contribution >= 4 is 28.4 Å². The fourth-order valence-corrected chi connectivity index (χ4v) is 7.95. The van der Waals surface area contributed by atoms with Gasteiger partial charge in [-0.1, -0.05) is 195 Å². The van der Waals surface area contributed by atoms with Crippen molar-refractivity contribution in [2.24, 2.45) is 0 Å². The van der Waals surface area contributed by atoms with E-state index in [1.165, 1.54) is 44.5 Å². The van der Waals surface area contributed by atoms with E-state index in [0.717, 1.165) is 22.5 Å². The van der Waals surface area contributed by atoms with Crippen LogP contribution in [0.1, 0.15) is 50.7 Å². The quantitative estimate of drug-likeness (QED) is 0.161. The molecule has 1 heterocycles. The van der Waals surface area contributed by atoms with Gasteiger partial charge >= 0.3 is 0 Å². The van der Waals surface area contributed by atoms with E-state index in [1.54, 1.807) is 0 Å². The maximum Gasteiger partial charge on any atom is 0.0745 e. The summed E-state index contributed by atoms with van der Waals surface area (Å²) < 4.78 is 0. The van der Waals surface area contributed by atoms with Crippen molar-refractivity contribution in [3.63, 3.8) is 0 Å². The Morgan fingerprint density at radius 3 is 1.44 bits per heavy atom. The van der Waals surface area contributed by atoms with Crippen molar-refractivity contribution < 1.29 is 0 Å². The van der Waals surface area contributed by atoms with Gasteiger partial charge in [-0.25, -0.2) is 0 Å². The normalized spacial score (nSPS) is 17.4. The summed E-state index contributed by atoms with van der Waals surface area (Å²) in [6, 6.07) is 72.2. The van der Waals surface area contributed by atoms with Gasteiger partial charge in [-0.3, -0.25) is 4.98 Å². The van der Waals surface area contributed by atoms with Crippen molar-refractivity contribution in [2.45, 2.75) is 11.3 Å². The number of aromatic nitrogens is 1. The molecule has 0 radical (unpaired) electrons. The Labute approximate surface area is 295 Å². The van der Waals surface area contributed by atoms with Crippen molar-refractivity contribution in [1.29, 1.82) is 0 Å². The highest BCUT2D eigenvalue weighted by molar-refractivity contribution is 6.26.